The van der Waals surface area contributed by atoms with Crippen molar-refractivity contribution in [2.45, 2.75) is 13.8 Å². The van der Waals surface area contributed by atoms with Gasteiger partial charge in [0.2, 0.25) is 5.88 Å². The van der Waals surface area contributed by atoms with Gasteiger partial charge in [0, 0.05) is 62.3 Å². The molecule has 1 fully saturated rings. The van der Waals surface area contributed by atoms with Crippen molar-refractivity contribution in [3.05, 3.63) is 82.1 Å². The summed E-state index contributed by atoms with van der Waals surface area (Å²) >= 11 is 11.9. The van der Waals surface area contributed by atoms with Crippen molar-refractivity contribution in [2.75, 3.05) is 38.0 Å². The monoisotopic (exact) mass is 579 g/mol. The molecule has 0 unspecified atom stereocenters. The maximum absolute atomic E-state index is 13.3. The zero-order chi connectivity index (χ0) is 28.4. The number of carbonyl (C=O) groups excluding carboxylic acids is 2. The van der Waals surface area contributed by atoms with E-state index in [-0.39, 0.29) is 11.8 Å². The van der Waals surface area contributed by atoms with Gasteiger partial charge in [0.05, 0.1) is 21.9 Å². The summed E-state index contributed by atoms with van der Waals surface area (Å²) in [5.41, 5.74) is 2.50. The fourth-order valence-electron chi connectivity index (χ4n) is 4.88. The molecule has 2 aromatic carbocycles. The maximum atomic E-state index is 13.3. The number of benzene rings is 2. The van der Waals surface area contributed by atoms with Gasteiger partial charge in [-0.05, 0) is 54.4 Å². The second-order valence-corrected chi connectivity index (χ2v) is 11.2. The molecule has 10 heteroatoms. The number of nitrogens with one attached hydrogen (secondary N) is 1. The summed E-state index contributed by atoms with van der Waals surface area (Å²) in [5.74, 6) is 1.31. The Bertz CT molecular complexity index is 1540. The van der Waals surface area contributed by atoms with E-state index < -0.39 is 0 Å². The van der Waals surface area contributed by atoms with Crippen LogP contribution in [0.4, 0.5) is 5.69 Å². The van der Waals surface area contributed by atoms with Crippen LogP contribution >= 0.6 is 23.2 Å². The number of pyridine rings is 1. The van der Waals surface area contributed by atoms with Crippen LogP contribution in [0.15, 0.2) is 60.8 Å². The van der Waals surface area contributed by atoms with Crippen LogP contribution in [0.3, 0.4) is 0 Å². The van der Waals surface area contributed by atoms with Crippen LogP contribution in [0.5, 0.6) is 11.6 Å². The highest BCUT2D eigenvalue weighted by Gasteiger charge is 2.25. The second-order valence-electron chi connectivity index (χ2n) is 10.4. The predicted octanol–water partition coefficient (Wildman–Crippen LogP) is 6.34. The molecule has 2 aromatic heterocycles. The van der Waals surface area contributed by atoms with Crippen molar-refractivity contribution < 1.29 is 14.3 Å². The highest BCUT2D eigenvalue weighted by Crippen LogP contribution is 2.28. The normalized spacial score (nSPS) is 14.1. The first-order valence-electron chi connectivity index (χ1n) is 13.2. The Morgan fingerprint density at radius 2 is 1.75 bits per heavy atom. The summed E-state index contributed by atoms with van der Waals surface area (Å²) < 4.78 is 7.90. The number of anilines is 1. The lowest BCUT2D eigenvalue weighted by Crippen LogP contribution is -2.49. The average Bonchev–Trinajstić information content (AvgIpc) is 3.26. The molecule has 1 aliphatic heterocycles. The van der Waals surface area contributed by atoms with Crippen molar-refractivity contribution in [1.82, 2.24) is 19.4 Å². The number of ether oxygens (including phenoxy) is 1. The molecule has 3 heterocycles. The molecule has 0 spiro atoms. The van der Waals surface area contributed by atoms with Crippen molar-refractivity contribution >= 4 is 51.6 Å². The molecular weight excluding hydrogens is 549 g/mol. The molecule has 1 saturated heterocycles. The summed E-state index contributed by atoms with van der Waals surface area (Å²) in [4.78, 5) is 34.5. The zero-order valence-corrected chi connectivity index (χ0v) is 24.2. The first-order chi connectivity index (χ1) is 19.2. The maximum Gasteiger partial charge on any atom is 0.270 e. The van der Waals surface area contributed by atoms with E-state index in [1.165, 1.54) is 12.3 Å². The van der Waals surface area contributed by atoms with Crippen molar-refractivity contribution in [3.8, 4) is 11.6 Å². The van der Waals surface area contributed by atoms with Crippen LogP contribution in [-0.2, 0) is 7.05 Å². The minimum atomic E-state index is -0.327. The minimum Gasteiger partial charge on any atom is -0.439 e. The first kappa shape index (κ1) is 28.0. The van der Waals surface area contributed by atoms with E-state index in [9.17, 15) is 9.59 Å². The van der Waals surface area contributed by atoms with Gasteiger partial charge in [0.25, 0.3) is 11.8 Å². The van der Waals surface area contributed by atoms with Gasteiger partial charge in [-0.1, -0.05) is 37.0 Å². The number of hydrogen-bond acceptors (Lipinski definition) is 5. The number of fused-ring (bicyclic) bond motifs is 1. The van der Waals surface area contributed by atoms with Gasteiger partial charge in [-0.3, -0.25) is 14.5 Å². The van der Waals surface area contributed by atoms with Gasteiger partial charge in [0.1, 0.15) is 11.4 Å². The molecule has 0 radical (unpaired) electrons. The summed E-state index contributed by atoms with van der Waals surface area (Å²) in [7, 11) is 1.91. The lowest BCUT2D eigenvalue weighted by atomic mass is 10.2. The summed E-state index contributed by atoms with van der Waals surface area (Å²) in [6.45, 7) is 8.76. The Morgan fingerprint density at radius 3 is 2.42 bits per heavy atom. The number of nitrogens with zero attached hydrogens (tertiary/aromatic N) is 4. The van der Waals surface area contributed by atoms with Crippen LogP contribution in [-0.4, -0.2) is 63.9 Å². The minimum absolute atomic E-state index is 0.0468. The number of halogens is 2. The highest BCUT2D eigenvalue weighted by atomic mass is 35.5. The quantitative estimate of drug-likeness (QED) is 0.276. The Kier molecular flexibility index (Phi) is 8.30. The van der Waals surface area contributed by atoms with E-state index in [1.54, 1.807) is 24.3 Å². The van der Waals surface area contributed by atoms with Crippen LogP contribution in [0, 0.1) is 5.92 Å². The molecule has 0 bridgehead atoms. The summed E-state index contributed by atoms with van der Waals surface area (Å²) in [5, 5.41) is 4.38. The molecule has 40 heavy (non-hydrogen) atoms. The Balaban J connectivity index is 1.23. The fraction of sp³-hybridized carbons (Fsp3) is 0.300. The number of rotatable bonds is 7. The van der Waals surface area contributed by atoms with Crippen LogP contribution in [0.2, 0.25) is 10.0 Å². The van der Waals surface area contributed by atoms with E-state index >= 15 is 0 Å². The molecule has 2 amide bonds. The Morgan fingerprint density at radius 1 is 0.975 bits per heavy atom. The third-order valence-corrected chi connectivity index (χ3v) is 7.65. The van der Waals surface area contributed by atoms with Gasteiger partial charge in [-0.25, -0.2) is 4.98 Å². The fourth-order valence-corrected chi connectivity index (χ4v) is 5.18. The molecule has 0 saturated carbocycles. The Hall–Kier alpha value is -3.59. The number of amides is 2. The lowest BCUT2D eigenvalue weighted by molar-refractivity contribution is 0.0615. The third kappa shape index (κ3) is 6.25. The van der Waals surface area contributed by atoms with Crippen LogP contribution in [0.25, 0.3) is 10.9 Å². The first-order valence-corrected chi connectivity index (χ1v) is 13.9. The number of aromatic nitrogens is 2. The molecule has 1 aliphatic rings. The van der Waals surface area contributed by atoms with Crippen LogP contribution in [0.1, 0.15) is 34.7 Å². The molecule has 1 N–H and O–H groups in total. The largest absolute Gasteiger partial charge is 0.439 e. The van der Waals surface area contributed by atoms with Gasteiger partial charge in [0.15, 0.2) is 0 Å². The van der Waals surface area contributed by atoms with Gasteiger partial charge in [-0.2, -0.15) is 0 Å². The van der Waals surface area contributed by atoms with E-state index in [0.29, 0.717) is 44.5 Å². The average molecular weight is 581 g/mol. The number of carbonyl (C=O) groups is 2. The third-order valence-electron chi connectivity index (χ3n) is 6.91. The molecule has 208 valence electrons. The molecule has 5 rings (SSSR count). The van der Waals surface area contributed by atoms with Crippen molar-refractivity contribution in [1.29, 1.82) is 0 Å². The van der Waals surface area contributed by atoms with Gasteiger partial charge in [-0.15, -0.1) is 0 Å². The standard InChI is InChI=1S/C30H31Cl2N5O3/c1-19(2)18-36-10-12-37(13-11-36)30(39)27-16-21-14-23(6-8-26(21)35(27)3)40-28-9-5-22(17-33-28)34-29(38)20-4-7-24(31)25(32)15-20/h4-9,14-17,19H,10-13,18H2,1-3H3,(H,34,38). The lowest BCUT2D eigenvalue weighted by Gasteiger charge is -2.35. The van der Waals surface area contributed by atoms with E-state index in [2.05, 4.69) is 29.0 Å². The smallest absolute Gasteiger partial charge is 0.270 e. The van der Waals surface area contributed by atoms with Crippen molar-refractivity contribution in [3.63, 3.8) is 0 Å². The summed E-state index contributed by atoms with van der Waals surface area (Å²) in [6.07, 6.45) is 1.52. The number of piperazine rings is 1. The molecular formula is C30H31Cl2N5O3. The van der Waals surface area contributed by atoms with E-state index in [4.69, 9.17) is 27.9 Å². The van der Waals surface area contributed by atoms with Gasteiger partial charge >= 0.3 is 0 Å². The van der Waals surface area contributed by atoms with Crippen LogP contribution < -0.4 is 10.1 Å². The second kappa shape index (κ2) is 11.9. The number of hydrogen-bond donors (Lipinski definition) is 1. The topological polar surface area (TPSA) is 79.7 Å². The Labute approximate surface area is 243 Å². The summed E-state index contributed by atoms with van der Waals surface area (Å²) in [6, 6.07) is 15.7. The van der Waals surface area contributed by atoms with E-state index in [0.717, 1.165) is 43.6 Å². The van der Waals surface area contributed by atoms with E-state index in [1.807, 2.05) is 40.8 Å². The molecule has 0 atom stereocenters. The highest BCUT2D eigenvalue weighted by molar-refractivity contribution is 6.42. The SMILES string of the molecule is CC(C)CN1CCN(C(=O)c2cc3cc(Oc4ccc(NC(=O)c5ccc(Cl)c(Cl)c5)cn4)ccc3n2C)CC1. The molecule has 4 aromatic rings. The van der Waals surface area contributed by atoms with Crippen molar-refractivity contribution in [2.24, 2.45) is 13.0 Å². The zero-order valence-electron chi connectivity index (χ0n) is 22.7. The number of aryl methyl sites for hydroxylation is 1. The van der Waals surface area contributed by atoms with Gasteiger partial charge < -0.3 is 19.5 Å². The predicted molar refractivity (Wildman–Crippen MR) is 159 cm³/mol. The molecule has 0 aliphatic carbocycles. The molecule has 8 nitrogen and oxygen atoms in total.